The van der Waals surface area contributed by atoms with Gasteiger partial charge in [-0.25, -0.2) is 9.59 Å². The molecular formula is C8H10ClN3O4. The number of aromatic nitrogens is 2. The van der Waals surface area contributed by atoms with Gasteiger partial charge in [-0.05, 0) is 6.92 Å². The molecule has 1 rings (SSSR count). The minimum atomic E-state index is -1.31. The first kappa shape index (κ1) is 12.3. The van der Waals surface area contributed by atoms with Gasteiger partial charge in [-0.15, -0.1) is 0 Å². The second kappa shape index (κ2) is 4.40. The van der Waals surface area contributed by atoms with Gasteiger partial charge in [0.25, 0.3) is 5.56 Å². The van der Waals surface area contributed by atoms with Crippen molar-refractivity contribution in [1.82, 2.24) is 9.55 Å². The average Bonchev–Trinajstić information content (AvgIpc) is 2.20. The maximum absolute atomic E-state index is 11.7. The Labute approximate surface area is 94.9 Å². The Hall–Kier alpha value is -1.76. The van der Waals surface area contributed by atoms with E-state index in [9.17, 15) is 14.4 Å². The van der Waals surface area contributed by atoms with Gasteiger partial charge in [0.1, 0.15) is 10.8 Å². The summed E-state index contributed by atoms with van der Waals surface area (Å²) in [6.45, 7) is 1.60. The number of rotatable bonds is 2. The van der Waals surface area contributed by atoms with Gasteiger partial charge in [-0.3, -0.25) is 19.2 Å². The molecule has 1 aromatic heterocycles. The Morgan fingerprint density at radius 1 is 1.56 bits per heavy atom. The van der Waals surface area contributed by atoms with Crippen LogP contribution in [0.5, 0.6) is 0 Å². The van der Waals surface area contributed by atoms with Gasteiger partial charge in [0.15, 0.2) is 0 Å². The van der Waals surface area contributed by atoms with Crippen LogP contribution in [0.1, 0.15) is 6.92 Å². The lowest BCUT2D eigenvalue weighted by Crippen LogP contribution is -2.40. The lowest BCUT2D eigenvalue weighted by molar-refractivity contribution is 0.202. The zero-order chi connectivity index (χ0) is 12.5. The number of aromatic amines is 1. The van der Waals surface area contributed by atoms with Crippen LogP contribution in [0.4, 0.5) is 10.5 Å². The summed E-state index contributed by atoms with van der Waals surface area (Å²) in [5, 5.41) is 8.58. The van der Waals surface area contributed by atoms with Gasteiger partial charge in [-0.2, -0.15) is 0 Å². The molecule has 0 saturated carbocycles. The summed E-state index contributed by atoms with van der Waals surface area (Å²) in [5.74, 6) is 0. The fourth-order valence-corrected chi connectivity index (χ4v) is 1.47. The molecular weight excluding hydrogens is 238 g/mol. The first-order valence-electron chi connectivity index (χ1n) is 4.39. The predicted octanol–water partition coefficient (Wildman–Crippen LogP) is 0.231. The van der Waals surface area contributed by atoms with Crippen LogP contribution in [0.2, 0.25) is 5.15 Å². The minimum absolute atomic E-state index is 0.0519. The minimum Gasteiger partial charge on any atom is -0.465 e. The summed E-state index contributed by atoms with van der Waals surface area (Å²) < 4.78 is 0.757. The van der Waals surface area contributed by atoms with Crippen LogP contribution in [0.3, 0.4) is 0 Å². The molecule has 8 heteroatoms. The lowest BCUT2D eigenvalue weighted by Gasteiger charge is -2.17. The molecule has 0 aliphatic heterocycles. The Kier molecular flexibility index (Phi) is 3.38. The summed E-state index contributed by atoms with van der Waals surface area (Å²) in [5.41, 5.74) is -1.70. The molecule has 0 spiro atoms. The number of hydrogen-bond acceptors (Lipinski definition) is 3. The van der Waals surface area contributed by atoms with Crippen LogP contribution in [-0.2, 0) is 7.05 Å². The van der Waals surface area contributed by atoms with Crippen LogP contribution in [0.15, 0.2) is 9.59 Å². The molecule has 1 aromatic rings. The Morgan fingerprint density at radius 2 is 2.12 bits per heavy atom. The third-order valence-corrected chi connectivity index (χ3v) is 2.33. The molecule has 2 N–H and O–H groups in total. The van der Waals surface area contributed by atoms with Crippen molar-refractivity contribution < 1.29 is 9.90 Å². The van der Waals surface area contributed by atoms with Crippen LogP contribution in [0, 0.1) is 0 Å². The monoisotopic (exact) mass is 247 g/mol. The molecule has 0 aromatic carbocycles. The van der Waals surface area contributed by atoms with E-state index in [0.717, 1.165) is 9.47 Å². The molecule has 1 heterocycles. The summed E-state index contributed by atoms with van der Waals surface area (Å²) in [7, 11) is 1.23. The van der Waals surface area contributed by atoms with E-state index in [0.29, 0.717) is 0 Å². The first-order chi connectivity index (χ1) is 7.40. The SMILES string of the molecule is CCN(C(=O)O)c1c(Cl)[nH]c(=O)n(C)c1=O. The van der Waals surface area contributed by atoms with Crippen molar-refractivity contribution >= 4 is 23.4 Å². The van der Waals surface area contributed by atoms with E-state index < -0.39 is 17.3 Å². The quantitative estimate of drug-likeness (QED) is 0.732. The molecule has 88 valence electrons. The highest BCUT2D eigenvalue weighted by Crippen LogP contribution is 2.17. The van der Waals surface area contributed by atoms with Gasteiger partial charge in [0.05, 0.1) is 0 Å². The van der Waals surface area contributed by atoms with Gasteiger partial charge in [0, 0.05) is 13.6 Å². The number of H-pyrrole nitrogens is 1. The molecule has 0 fully saturated rings. The maximum atomic E-state index is 11.7. The highest BCUT2D eigenvalue weighted by Gasteiger charge is 2.21. The van der Waals surface area contributed by atoms with Crippen molar-refractivity contribution in [2.24, 2.45) is 7.05 Å². The lowest BCUT2D eigenvalue weighted by atomic mass is 10.4. The maximum Gasteiger partial charge on any atom is 0.412 e. The molecule has 16 heavy (non-hydrogen) atoms. The van der Waals surface area contributed by atoms with Crippen molar-refractivity contribution in [2.45, 2.75) is 6.92 Å². The smallest absolute Gasteiger partial charge is 0.412 e. The third-order valence-electron chi connectivity index (χ3n) is 2.05. The number of anilines is 1. The highest BCUT2D eigenvalue weighted by atomic mass is 35.5. The number of nitrogens with zero attached hydrogens (tertiary/aromatic N) is 2. The average molecular weight is 248 g/mol. The summed E-state index contributed by atoms with van der Waals surface area (Å²) in [6, 6.07) is 0. The number of nitrogens with one attached hydrogen (secondary N) is 1. The normalized spacial score (nSPS) is 10.2. The van der Waals surface area contributed by atoms with E-state index in [-0.39, 0.29) is 17.4 Å². The summed E-state index contributed by atoms with van der Waals surface area (Å²) in [4.78, 5) is 36.6. The Bertz CT molecular complexity index is 533. The molecule has 0 bridgehead atoms. The third kappa shape index (κ3) is 1.94. The van der Waals surface area contributed by atoms with E-state index in [2.05, 4.69) is 4.98 Å². The van der Waals surface area contributed by atoms with E-state index in [1.165, 1.54) is 7.05 Å². The standard InChI is InChI=1S/C8H10ClN3O4/c1-3-12(8(15)16)4-5(9)10-7(14)11(2)6(4)13/h3H2,1-2H3,(H,10,14)(H,15,16). The largest absolute Gasteiger partial charge is 0.465 e. The van der Waals surface area contributed by atoms with Crippen LogP contribution >= 0.6 is 11.6 Å². The second-order valence-corrected chi connectivity index (χ2v) is 3.36. The van der Waals surface area contributed by atoms with Crippen molar-refractivity contribution in [3.8, 4) is 0 Å². The molecule has 7 nitrogen and oxygen atoms in total. The number of hydrogen-bond donors (Lipinski definition) is 2. The molecule has 0 radical (unpaired) electrons. The molecule has 0 aliphatic rings. The zero-order valence-corrected chi connectivity index (χ0v) is 9.41. The Morgan fingerprint density at radius 3 is 2.56 bits per heavy atom. The molecule has 0 unspecified atom stereocenters. The van der Waals surface area contributed by atoms with Crippen molar-refractivity contribution in [2.75, 3.05) is 11.4 Å². The van der Waals surface area contributed by atoms with E-state index in [4.69, 9.17) is 16.7 Å². The van der Waals surface area contributed by atoms with E-state index >= 15 is 0 Å². The first-order valence-corrected chi connectivity index (χ1v) is 4.77. The summed E-state index contributed by atoms with van der Waals surface area (Å²) >= 11 is 5.65. The number of carboxylic acid groups (broad SMARTS) is 1. The predicted molar refractivity (Wildman–Crippen MR) is 58.4 cm³/mol. The fourth-order valence-electron chi connectivity index (χ4n) is 1.20. The topological polar surface area (TPSA) is 95.4 Å². The van der Waals surface area contributed by atoms with Crippen LogP contribution in [0.25, 0.3) is 0 Å². The van der Waals surface area contributed by atoms with Gasteiger partial charge >= 0.3 is 11.8 Å². The van der Waals surface area contributed by atoms with E-state index in [1.807, 2.05) is 0 Å². The van der Waals surface area contributed by atoms with Gasteiger partial charge < -0.3 is 5.11 Å². The highest BCUT2D eigenvalue weighted by molar-refractivity contribution is 6.32. The number of halogens is 1. The Balaban J connectivity index is 3.56. The van der Waals surface area contributed by atoms with Crippen LogP contribution in [-0.4, -0.2) is 27.3 Å². The van der Waals surface area contributed by atoms with Crippen molar-refractivity contribution in [3.05, 3.63) is 26.0 Å². The molecule has 0 saturated heterocycles. The van der Waals surface area contributed by atoms with Crippen molar-refractivity contribution in [1.29, 1.82) is 0 Å². The van der Waals surface area contributed by atoms with Crippen molar-refractivity contribution in [3.63, 3.8) is 0 Å². The number of carbonyl (C=O) groups is 1. The second-order valence-electron chi connectivity index (χ2n) is 2.98. The molecule has 0 atom stereocenters. The summed E-state index contributed by atoms with van der Waals surface area (Å²) in [6.07, 6.45) is -1.31. The fraction of sp³-hybridized carbons (Fsp3) is 0.375. The van der Waals surface area contributed by atoms with Gasteiger partial charge in [0.2, 0.25) is 0 Å². The van der Waals surface area contributed by atoms with Crippen LogP contribution < -0.4 is 16.1 Å². The molecule has 1 amide bonds. The number of amides is 1. The van der Waals surface area contributed by atoms with Gasteiger partial charge in [-0.1, -0.05) is 11.6 Å². The zero-order valence-electron chi connectivity index (χ0n) is 8.65. The van der Waals surface area contributed by atoms with E-state index in [1.54, 1.807) is 6.92 Å². The molecule has 0 aliphatic carbocycles.